The summed E-state index contributed by atoms with van der Waals surface area (Å²) in [5.74, 6) is 0. The van der Waals surface area contributed by atoms with Crippen molar-refractivity contribution < 1.29 is 0 Å². The fourth-order valence-electron chi connectivity index (χ4n) is 0.651. The van der Waals surface area contributed by atoms with Crippen LogP contribution in [0.3, 0.4) is 0 Å². The monoisotopic (exact) mass is 122 g/mol. The lowest BCUT2D eigenvalue weighted by Gasteiger charge is -1.94. The zero-order valence-corrected chi connectivity index (χ0v) is 5.29. The van der Waals surface area contributed by atoms with Crippen LogP contribution in [0.2, 0.25) is 0 Å². The van der Waals surface area contributed by atoms with Crippen LogP contribution < -0.4 is 5.56 Å². The summed E-state index contributed by atoms with van der Waals surface area (Å²) in [6, 6.07) is 3.20. The predicted octanol–water partition coefficient (Wildman–Crippen LogP) is 0.567. The molecule has 2 heteroatoms. The van der Waals surface area contributed by atoms with Gasteiger partial charge in [-0.2, -0.15) is 0 Å². The molecular formula is C7H8NO. The van der Waals surface area contributed by atoms with Crippen LogP contribution in [0.1, 0.15) is 5.56 Å². The molecule has 1 rings (SSSR count). The van der Waals surface area contributed by atoms with Crippen LogP contribution in [0, 0.1) is 6.92 Å². The van der Waals surface area contributed by atoms with Crippen molar-refractivity contribution in [3.63, 3.8) is 0 Å². The molecule has 0 aliphatic heterocycles. The molecule has 0 bridgehead atoms. The van der Waals surface area contributed by atoms with E-state index in [-0.39, 0.29) is 5.56 Å². The molecule has 0 N–H and O–H groups in total. The van der Waals surface area contributed by atoms with Crippen molar-refractivity contribution in [1.82, 2.24) is 4.57 Å². The number of rotatable bonds is 0. The first-order valence-corrected chi connectivity index (χ1v) is 2.69. The lowest BCUT2D eigenvalue weighted by Crippen LogP contribution is -2.13. The van der Waals surface area contributed by atoms with Crippen LogP contribution in [0.25, 0.3) is 0 Å². The SMILES string of the molecule is [CH2]c1ccc(=O)n(C)c1. The first-order valence-electron chi connectivity index (χ1n) is 2.69. The summed E-state index contributed by atoms with van der Waals surface area (Å²) in [6.07, 6.45) is 1.70. The van der Waals surface area contributed by atoms with Crippen LogP contribution in [-0.4, -0.2) is 4.57 Å². The zero-order valence-electron chi connectivity index (χ0n) is 5.29. The number of nitrogens with zero attached hydrogens (tertiary/aromatic N) is 1. The van der Waals surface area contributed by atoms with Crippen molar-refractivity contribution in [1.29, 1.82) is 0 Å². The van der Waals surface area contributed by atoms with Crippen molar-refractivity contribution in [3.05, 3.63) is 41.2 Å². The van der Waals surface area contributed by atoms with Gasteiger partial charge in [0.25, 0.3) is 0 Å². The fraction of sp³-hybridized carbons (Fsp3) is 0.143. The van der Waals surface area contributed by atoms with E-state index in [0.29, 0.717) is 0 Å². The minimum absolute atomic E-state index is 0.00222. The molecule has 0 atom stereocenters. The molecule has 9 heavy (non-hydrogen) atoms. The van der Waals surface area contributed by atoms with Gasteiger partial charge < -0.3 is 4.57 Å². The summed E-state index contributed by atoms with van der Waals surface area (Å²) in [7, 11) is 1.71. The van der Waals surface area contributed by atoms with Crippen LogP contribution in [-0.2, 0) is 7.05 Å². The second-order valence-corrected chi connectivity index (χ2v) is 1.99. The van der Waals surface area contributed by atoms with Crippen LogP contribution >= 0.6 is 0 Å². The Morgan fingerprint density at radius 2 is 2.22 bits per heavy atom. The molecule has 0 fully saturated rings. The highest BCUT2D eigenvalue weighted by molar-refractivity contribution is 5.12. The largest absolute Gasteiger partial charge is 0.318 e. The Hall–Kier alpha value is -1.05. The lowest BCUT2D eigenvalue weighted by molar-refractivity contribution is 0.856. The van der Waals surface area contributed by atoms with Gasteiger partial charge in [0, 0.05) is 19.3 Å². The van der Waals surface area contributed by atoms with Gasteiger partial charge in [-0.05, 0) is 12.5 Å². The van der Waals surface area contributed by atoms with Crippen molar-refractivity contribution in [3.8, 4) is 0 Å². The van der Waals surface area contributed by atoms with E-state index >= 15 is 0 Å². The molecule has 0 saturated heterocycles. The lowest BCUT2D eigenvalue weighted by atomic mass is 10.3. The first-order chi connectivity index (χ1) is 4.20. The number of pyridine rings is 1. The molecule has 0 aliphatic rings. The van der Waals surface area contributed by atoms with Crippen LogP contribution in [0.4, 0.5) is 0 Å². The molecule has 0 amide bonds. The fourth-order valence-corrected chi connectivity index (χ4v) is 0.651. The highest BCUT2D eigenvalue weighted by Gasteiger charge is 1.86. The second-order valence-electron chi connectivity index (χ2n) is 1.99. The van der Waals surface area contributed by atoms with Gasteiger partial charge in [0.2, 0.25) is 5.56 Å². The maximum atomic E-state index is 10.7. The van der Waals surface area contributed by atoms with Crippen molar-refractivity contribution >= 4 is 0 Å². The van der Waals surface area contributed by atoms with E-state index in [4.69, 9.17) is 0 Å². The molecule has 0 unspecified atom stereocenters. The van der Waals surface area contributed by atoms with E-state index in [1.807, 2.05) is 0 Å². The van der Waals surface area contributed by atoms with Gasteiger partial charge in [-0.15, -0.1) is 0 Å². The maximum absolute atomic E-state index is 10.7. The van der Waals surface area contributed by atoms with Crippen molar-refractivity contribution in [2.45, 2.75) is 0 Å². The molecule has 0 spiro atoms. The number of hydrogen-bond acceptors (Lipinski definition) is 1. The van der Waals surface area contributed by atoms with E-state index in [0.717, 1.165) is 5.56 Å². The molecule has 2 nitrogen and oxygen atoms in total. The third kappa shape index (κ3) is 1.19. The summed E-state index contributed by atoms with van der Waals surface area (Å²) < 4.78 is 1.50. The van der Waals surface area contributed by atoms with Crippen LogP contribution in [0.15, 0.2) is 23.1 Å². The normalized spacial score (nSPS) is 9.56. The van der Waals surface area contributed by atoms with Gasteiger partial charge in [-0.3, -0.25) is 4.79 Å². The van der Waals surface area contributed by atoms with E-state index in [1.54, 1.807) is 19.3 Å². The summed E-state index contributed by atoms with van der Waals surface area (Å²) in [4.78, 5) is 10.7. The Morgan fingerprint density at radius 1 is 1.56 bits per heavy atom. The molecular weight excluding hydrogens is 114 g/mol. The zero-order chi connectivity index (χ0) is 6.85. The first kappa shape index (κ1) is 6.08. The molecule has 1 heterocycles. The summed E-state index contributed by atoms with van der Waals surface area (Å²) in [5.41, 5.74) is 0.861. The summed E-state index contributed by atoms with van der Waals surface area (Å²) in [5, 5.41) is 0. The molecule has 0 saturated carbocycles. The summed E-state index contributed by atoms with van der Waals surface area (Å²) in [6.45, 7) is 3.66. The highest BCUT2D eigenvalue weighted by atomic mass is 16.1. The minimum atomic E-state index is 0.00222. The smallest absolute Gasteiger partial charge is 0.250 e. The molecule has 0 aliphatic carbocycles. The second kappa shape index (κ2) is 2.05. The van der Waals surface area contributed by atoms with Gasteiger partial charge in [-0.25, -0.2) is 0 Å². The standard InChI is InChI=1S/C7H8NO/c1-6-3-4-7(9)8(2)5-6/h3-5H,1H2,2H3. The molecule has 1 aromatic heterocycles. The number of hydrogen-bond donors (Lipinski definition) is 0. The van der Waals surface area contributed by atoms with E-state index in [9.17, 15) is 4.79 Å². The average molecular weight is 122 g/mol. The average Bonchev–Trinajstić information content (AvgIpc) is 1.80. The molecule has 0 aromatic carbocycles. The Bertz CT molecular complexity index is 262. The van der Waals surface area contributed by atoms with Gasteiger partial charge in [0.15, 0.2) is 0 Å². The topological polar surface area (TPSA) is 22.0 Å². The van der Waals surface area contributed by atoms with Gasteiger partial charge in [-0.1, -0.05) is 6.07 Å². The summed E-state index contributed by atoms with van der Waals surface area (Å²) >= 11 is 0. The number of aryl methyl sites for hydroxylation is 1. The van der Waals surface area contributed by atoms with Crippen LogP contribution in [0.5, 0.6) is 0 Å². The third-order valence-corrected chi connectivity index (χ3v) is 1.15. The minimum Gasteiger partial charge on any atom is -0.318 e. The Morgan fingerprint density at radius 3 is 2.67 bits per heavy atom. The van der Waals surface area contributed by atoms with E-state index in [1.165, 1.54) is 10.6 Å². The van der Waals surface area contributed by atoms with Crippen molar-refractivity contribution in [2.24, 2.45) is 7.05 Å². The Kier molecular flexibility index (Phi) is 1.39. The third-order valence-electron chi connectivity index (χ3n) is 1.15. The predicted molar refractivity (Wildman–Crippen MR) is 36.1 cm³/mol. The Labute approximate surface area is 53.8 Å². The molecule has 47 valence electrons. The van der Waals surface area contributed by atoms with Gasteiger partial charge in [0.05, 0.1) is 0 Å². The van der Waals surface area contributed by atoms with E-state index < -0.39 is 0 Å². The Balaban J connectivity index is 3.34. The maximum Gasteiger partial charge on any atom is 0.250 e. The van der Waals surface area contributed by atoms with Gasteiger partial charge in [0.1, 0.15) is 0 Å². The van der Waals surface area contributed by atoms with Gasteiger partial charge >= 0.3 is 0 Å². The van der Waals surface area contributed by atoms with E-state index in [2.05, 4.69) is 6.92 Å². The highest BCUT2D eigenvalue weighted by Crippen LogP contribution is 1.88. The number of aromatic nitrogens is 1. The quantitative estimate of drug-likeness (QED) is 0.493. The van der Waals surface area contributed by atoms with Crippen molar-refractivity contribution in [2.75, 3.05) is 0 Å². The molecule has 1 radical (unpaired) electrons. The molecule has 1 aromatic rings.